The van der Waals surface area contributed by atoms with E-state index in [9.17, 15) is 9.90 Å². The van der Waals surface area contributed by atoms with Gasteiger partial charge in [-0.25, -0.2) is 0 Å². The molecule has 1 N–H and O–H groups in total. The van der Waals surface area contributed by atoms with E-state index < -0.39 is 0 Å². The van der Waals surface area contributed by atoms with Gasteiger partial charge in [-0.1, -0.05) is 18.2 Å². The second-order valence-corrected chi connectivity index (χ2v) is 5.79. The maximum Gasteiger partial charge on any atom is 0.306 e. The first-order valence-corrected chi connectivity index (χ1v) is 8.38. The second-order valence-electron chi connectivity index (χ2n) is 5.79. The second kappa shape index (κ2) is 7.71. The van der Waals surface area contributed by atoms with Gasteiger partial charge in [0.05, 0.1) is 6.61 Å². The molecule has 128 valence electrons. The summed E-state index contributed by atoms with van der Waals surface area (Å²) in [6.45, 7) is 2.20. The highest BCUT2D eigenvalue weighted by molar-refractivity contribution is 5.73. The first-order valence-electron chi connectivity index (χ1n) is 8.38. The molecule has 0 atom stereocenters. The van der Waals surface area contributed by atoms with Gasteiger partial charge in [0.1, 0.15) is 5.75 Å². The lowest BCUT2D eigenvalue weighted by molar-refractivity contribution is -0.143. The zero-order valence-electron chi connectivity index (χ0n) is 14.2. The molecule has 0 bridgehead atoms. The van der Waals surface area contributed by atoms with E-state index in [0.29, 0.717) is 19.4 Å². The van der Waals surface area contributed by atoms with Gasteiger partial charge in [0.2, 0.25) is 0 Å². The number of aromatic hydroxyl groups is 1. The van der Waals surface area contributed by atoms with E-state index in [2.05, 4.69) is 6.07 Å². The molecule has 25 heavy (non-hydrogen) atoms. The number of rotatable bonds is 6. The van der Waals surface area contributed by atoms with Gasteiger partial charge < -0.3 is 14.4 Å². The van der Waals surface area contributed by atoms with E-state index in [1.54, 1.807) is 12.1 Å². The van der Waals surface area contributed by atoms with Crippen LogP contribution in [0.15, 0.2) is 67.0 Å². The number of esters is 1. The van der Waals surface area contributed by atoms with Crippen LogP contribution in [-0.2, 0) is 16.0 Å². The number of hydrogen-bond donors (Lipinski definition) is 1. The summed E-state index contributed by atoms with van der Waals surface area (Å²) in [5.74, 6) is 0.0269. The number of benzene rings is 2. The molecular weight excluding hydrogens is 314 g/mol. The van der Waals surface area contributed by atoms with Crippen LogP contribution >= 0.6 is 0 Å². The van der Waals surface area contributed by atoms with E-state index in [1.165, 1.54) is 0 Å². The van der Waals surface area contributed by atoms with Crippen LogP contribution in [-0.4, -0.2) is 22.2 Å². The van der Waals surface area contributed by atoms with Crippen molar-refractivity contribution in [1.29, 1.82) is 0 Å². The molecule has 0 amide bonds. The minimum absolute atomic E-state index is 0.198. The fourth-order valence-electron chi connectivity index (χ4n) is 2.88. The Morgan fingerprint density at radius 2 is 1.88 bits per heavy atom. The third kappa shape index (κ3) is 4.10. The van der Waals surface area contributed by atoms with Crippen molar-refractivity contribution in [3.63, 3.8) is 0 Å². The van der Waals surface area contributed by atoms with Gasteiger partial charge in [-0.05, 0) is 66.4 Å². The maximum absolute atomic E-state index is 11.8. The maximum atomic E-state index is 11.8. The highest BCUT2D eigenvalue weighted by Gasteiger charge is 2.11. The van der Waals surface area contributed by atoms with Crippen LogP contribution in [0.3, 0.4) is 0 Å². The van der Waals surface area contributed by atoms with Gasteiger partial charge in [0, 0.05) is 24.5 Å². The average Bonchev–Trinajstić information content (AvgIpc) is 3.15. The van der Waals surface area contributed by atoms with E-state index in [4.69, 9.17) is 4.74 Å². The molecule has 0 aliphatic rings. The topological polar surface area (TPSA) is 51.5 Å². The predicted octanol–water partition coefficient (Wildman–Crippen LogP) is 4.35. The number of nitrogens with zero attached hydrogens (tertiary/aromatic N) is 1. The van der Waals surface area contributed by atoms with Gasteiger partial charge in [0.15, 0.2) is 0 Å². The Bertz CT molecular complexity index is 853. The SMILES string of the molecule is CCOC(=O)CCc1cc(-n2cccc2)ccc1-c1cccc(O)c1. The minimum Gasteiger partial charge on any atom is -0.508 e. The molecule has 0 aliphatic carbocycles. The Labute approximate surface area is 147 Å². The van der Waals surface area contributed by atoms with Crippen LogP contribution in [0.1, 0.15) is 18.9 Å². The Morgan fingerprint density at radius 3 is 2.60 bits per heavy atom. The summed E-state index contributed by atoms with van der Waals surface area (Å²) in [5.41, 5.74) is 4.02. The summed E-state index contributed by atoms with van der Waals surface area (Å²) in [6.07, 6.45) is 4.88. The van der Waals surface area contributed by atoms with E-state index in [-0.39, 0.29) is 11.7 Å². The Balaban J connectivity index is 1.97. The molecule has 0 radical (unpaired) electrons. The first kappa shape index (κ1) is 16.8. The number of carbonyl (C=O) groups excluding carboxylic acids is 1. The van der Waals surface area contributed by atoms with Crippen LogP contribution in [0.4, 0.5) is 0 Å². The summed E-state index contributed by atoms with van der Waals surface area (Å²) in [7, 11) is 0. The zero-order valence-corrected chi connectivity index (χ0v) is 14.2. The van der Waals surface area contributed by atoms with Crippen molar-refractivity contribution in [3.05, 3.63) is 72.6 Å². The standard InChI is InChI=1S/C21H21NO3/c1-2-25-21(24)11-8-17-14-18(22-12-3-4-13-22)9-10-20(17)16-6-5-7-19(23)15-16/h3-7,9-10,12-15,23H,2,8,11H2,1H3. The fourth-order valence-corrected chi connectivity index (χ4v) is 2.88. The lowest BCUT2D eigenvalue weighted by Gasteiger charge is -2.13. The number of phenols is 1. The molecule has 0 aliphatic heterocycles. The Morgan fingerprint density at radius 1 is 1.08 bits per heavy atom. The molecule has 1 heterocycles. The Hall–Kier alpha value is -3.01. The van der Waals surface area contributed by atoms with Gasteiger partial charge >= 0.3 is 5.97 Å². The summed E-state index contributed by atoms with van der Waals surface area (Å²) in [4.78, 5) is 11.8. The quantitative estimate of drug-likeness (QED) is 0.682. The number of ether oxygens (including phenoxy) is 1. The highest BCUT2D eigenvalue weighted by atomic mass is 16.5. The Kier molecular flexibility index (Phi) is 5.19. The molecular formula is C21H21NO3. The molecule has 1 aromatic heterocycles. The number of carbonyl (C=O) groups is 1. The monoisotopic (exact) mass is 335 g/mol. The van der Waals surface area contributed by atoms with Gasteiger partial charge in [-0.15, -0.1) is 0 Å². The van der Waals surface area contributed by atoms with Crippen molar-refractivity contribution in [2.75, 3.05) is 6.61 Å². The van der Waals surface area contributed by atoms with Crippen LogP contribution in [0.2, 0.25) is 0 Å². The summed E-state index contributed by atoms with van der Waals surface area (Å²) in [6, 6.07) is 17.3. The van der Waals surface area contributed by atoms with Gasteiger partial charge in [-0.3, -0.25) is 4.79 Å². The molecule has 0 spiro atoms. The predicted molar refractivity (Wildman–Crippen MR) is 97.8 cm³/mol. The molecule has 4 nitrogen and oxygen atoms in total. The number of phenolic OH excluding ortho intramolecular Hbond substituents is 1. The molecule has 0 fully saturated rings. The minimum atomic E-state index is -0.198. The van der Waals surface area contributed by atoms with E-state index in [0.717, 1.165) is 22.4 Å². The first-order chi connectivity index (χ1) is 12.2. The lowest BCUT2D eigenvalue weighted by Crippen LogP contribution is -2.06. The van der Waals surface area contributed by atoms with E-state index >= 15 is 0 Å². The molecule has 4 heteroatoms. The summed E-state index contributed by atoms with van der Waals surface area (Å²) >= 11 is 0. The molecule has 2 aromatic carbocycles. The van der Waals surface area contributed by atoms with Crippen LogP contribution in [0.25, 0.3) is 16.8 Å². The molecule has 0 saturated heterocycles. The van der Waals surface area contributed by atoms with Crippen molar-refractivity contribution in [1.82, 2.24) is 4.57 Å². The van der Waals surface area contributed by atoms with Crippen molar-refractivity contribution in [2.45, 2.75) is 19.8 Å². The average molecular weight is 335 g/mol. The fraction of sp³-hybridized carbons (Fsp3) is 0.190. The van der Waals surface area contributed by atoms with Crippen molar-refractivity contribution in [2.24, 2.45) is 0 Å². The summed E-state index contributed by atoms with van der Waals surface area (Å²) in [5, 5.41) is 9.78. The smallest absolute Gasteiger partial charge is 0.306 e. The zero-order chi connectivity index (χ0) is 17.6. The normalized spacial score (nSPS) is 10.6. The largest absolute Gasteiger partial charge is 0.508 e. The van der Waals surface area contributed by atoms with Crippen molar-refractivity contribution >= 4 is 5.97 Å². The van der Waals surface area contributed by atoms with Crippen molar-refractivity contribution in [3.8, 4) is 22.6 Å². The van der Waals surface area contributed by atoms with E-state index in [1.807, 2.05) is 60.3 Å². The third-order valence-corrected chi connectivity index (χ3v) is 4.05. The van der Waals surface area contributed by atoms with Gasteiger partial charge in [0.25, 0.3) is 0 Å². The van der Waals surface area contributed by atoms with Gasteiger partial charge in [-0.2, -0.15) is 0 Å². The molecule has 0 unspecified atom stereocenters. The molecule has 0 saturated carbocycles. The third-order valence-electron chi connectivity index (χ3n) is 4.05. The lowest BCUT2D eigenvalue weighted by atomic mass is 9.96. The highest BCUT2D eigenvalue weighted by Crippen LogP contribution is 2.29. The van der Waals surface area contributed by atoms with Crippen LogP contribution in [0, 0.1) is 0 Å². The summed E-state index contributed by atoms with van der Waals surface area (Å²) < 4.78 is 7.07. The van der Waals surface area contributed by atoms with Crippen LogP contribution in [0.5, 0.6) is 5.75 Å². The molecule has 3 aromatic rings. The number of hydrogen-bond acceptors (Lipinski definition) is 3. The van der Waals surface area contributed by atoms with Crippen LogP contribution < -0.4 is 0 Å². The number of aryl methyl sites for hydroxylation is 1. The molecule has 3 rings (SSSR count). The number of aromatic nitrogens is 1. The van der Waals surface area contributed by atoms with Crippen molar-refractivity contribution < 1.29 is 14.6 Å².